The number of aromatic nitrogens is 2. The van der Waals surface area contributed by atoms with Crippen molar-refractivity contribution in [3.63, 3.8) is 0 Å². The van der Waals surface area contributed by atoms with Crippen molar-refractivity contribution in [2.24, 2.45) is 0 Å². The van der Waals surface area contributed by atoms with Crippen molar-refractivity contribution < 1.29 is 4.42 Å². The Morgan fingerprint density at radius 2 is 2.28 bits per heavy atom. The molecule has 4 heteroatoms. The van der Waals surface area contributed by atoms with Crippen LogP contribution in [0.5, 0.6) is 0 Å². The van der Waals surface area contributed by atoms with E-state index in [1.165, 1.54) is 11.3 Å². The number of furan rings is 1. The van der Waals surface area contributed by atoms with Crippen molar-refractivity contribution in [1.29, 1.82) is 0 Å². The number of nitrogens with one attached hydrogen (secondary N) is 1. The normalized spacial score (nSPS) is 12.8. The summed E-state index contributed by atoms with van der Waals surface area (Å²) in [5.41, 5.74) is 3.61. The van der Waals surface area contributed by atoms with Crippen LogP contribution in [0.25, 0.3) is 0 Å². The van der Waals surface area contributed by atoms with E-state index in [1.807, 2.05) is 13.1 Å². The van der Waals surface area contributed by atoms with Crippen molar-refractivity contribution in [2.45, 2.75) is 39.3 Å². The third kappa shape index (κ3) is 2.64. The van der Waals surface area contributed by atoms with Gasteiger partial charge in [-0.2, -0.15) is 5.10 Å². The zero-order valence-electron chi connectivity index (χ0n) is 11.3. The van der Waals surface area contributed by atoms with Crippen LogP contribution in [0.1, 0.15) is 36.8 Å². The third-order valence-electron chi connectivity index (χ3n) is 3.25. The molecule has 1 unspecified atom stereocenters. The van der Waals surface area contributed by atoms with Crippen LogP contribution in [-0.4, -0.2) is 16.8 Å². The van der Waals surface area contributed by atoms with Gasteiger partial charge in [0.15, 0.2) is 0 Å². The van der Waals surface area contributed by atoms with Gasteiger partial charge >= 0.3 is 0 Å². The summed E-state index contributed by atoms with van der Waals surface area (Å²) in [5.74, 6) is 0. The molecule has 2 rings (SSSR count). The molecule has 0 aromatic carbocycles. The van der Waals surface area contributed by atoms with Gasteiger partial charge in [0.2, 0.25) is 0 Å². The van der Waals surface area contributed by atoms with Gasteiger partial charge in [-0.25, -0.2) is 0 Å². The Kier molecular flexibility index (Phi) is 4.20. The van der Waals surface area contributed by atoms with Gasteiger partial charge in [0.25, 0.3) is 0 Å². The van der Waals surface area contributed by atoms with E-state index in [9.17, 15) is 0 Å². The minimum atomic E-state index is 0.273. The largest absolute Gasteiger partial charge is 0.472 e. The monoisotopic (exact) mass is 247 g/mol. The predicted octanol–water partition coefficient (Wildman–Crippen LogP) is 2.56. The fourth-order valence-corrected chi connectivity index (χ4v) is 2.19. The summed E-state index contributed by atoms with van der Waals surface area (Å²) in [6, 6.07) is 4.48. The molecule has 0 aliphatic heterocycles. The van der Waals surface area contributed by atoms with Gasteiger partial charge in [0.05, 0.1) is 30.0 Å². The maximum absolute atomic E-state index is 5.13. The van der Waals surface area contributed by atoms with E-state index in [2.05, 4.69) is 35.0 Å². The topological polar surface area (TPSA) is 43.0 Å². The second kappa shape index (κ2) is 5.87. The number of likely N-dealkylation sites (N-methyl/N-ethyl adjacent to an activating group) is 1. The second-order valence-corrected chi connectivity index (χ2v) is 4.41. The van der Waals surface area contributed by atoms with Gasteiger partial charge in [-0.15, -0.1) is 0 Å². The standard InChI is InChI=1S/C14H21N3O/c1-4-12-9-14(17(5-2)16-12)13(15-3)8-11-6-7-18-10-11/h6-7,9-10,13,15H,4-5,8H2,1-3H3. The first kappa shape index (κ1) is 12.9. The summed E-state index contributed by atoms with van der Waals surface area (Å²) in [6.45, 7) is 5.16. The Hall–Kier alpha value is -1.55. The zero-order valence-corrected chi connectivity index (χ0v) is 11.3. The molecule has 2 heterocycles. The molecule has 1 N–H and O–H groups in total. The summed E-state index contributed by atoms with van der Waals surface area (Å²) >= 11 is 0. The van der Waals surface area contributed by atoms with Gasteiger partial charge < -0.3 is 9.73 Å². The van der Waals surface area contributed by atoms with Crippen LogP contribution in [0, 0.1) is 0 Å². The van der Waals surface area contributed by atoms with Crippen molar-refractivity contribution in [2.75, 3.05) is 7.05 Å². The highest BCUT2D eigenvalue weighted by Gasteiger charge is 2.16. The fourth-order valence-electron chi connectivity index (χ4n) is 2.19. The maximum Gasteiger partial charge on any atom is 0.0935 e. The SMILES string of the molecule is CCc1cc(C(Cc2ccoc2)NC)n(CC)n1. The Balaban J connectivity index is 2.23. The van der Waals surface area contributed by atoms with E-state index in [1.54, 1.807) is 12.5 Å². The molecule has 2 aromatic rings. The second-order valence-electron chi connectivity index (χ2n) is 4.41. The Bertz CT molecular complexity index is 473. The average Bonchev–Trinajstić information content (AvgIpc) is 3.04. The smallest absolute Gasteiger partial charge is 0.0935 e. The molecule has 18 heavy (non-hydrogen) atoms. The minimum Gasteiger partial charge on any atom is -0.472 e. The van der Waals surface area contributed by atoms with Crippen LogP contribution in [0.4, 0.5) is 0 Å². The molecule has 4 nitrogen and oxygen atoms in total. The first-order valence-electron chi connectivity index (χ1n) is 6.53. The van der Waals surface area contributed by atoms with E-state index in [0.717, 1.165) is 25.1 Å². The number of nitrogens with zero attached hydrogens (tertiary/aromatic N) is 2. The highest BCUT2D eigenvalue weighted by molar-refractivity contribution is 5.18. The summed E-state index contributed by atoms with van der Waals surface area (Å²) < 4.78 is 7.21. The van der Waals surface area contributed by atoms with E-state index >= 15 is 0 Å². The molecule has 2 aromatic heterocycles. The number of rotatable bonds is 6. The van der Waals surface area contributed by atoms with Crippen LogP contribution < -0.4 is 5.32 Å². The van der Waals surface area contributed by atoms with Crippen LogP contribution in [0.15, 0.2) is 29.1 Å². The average molecular weight is 247 g/mol. The molecular formula is C14H21N3O. The lowest BCUT2D eigenvalue weighted by atomic mass is 10.1. The van der Waals surface area contributed by atoms with Gasteiger partial charge in [-0.1, -0.05) is 6.92 Å². The van der Waals surface area contributed by atoms with E-state index < -0.39 is 0 Å². The zero-order chi connectivity index (χ0) is 13.0. The molecule has 0 spiro atoms. The third-order valence-corrected chi connectivity index (χ3v) is 3.25. The predicted molar refractivity (Wildman–Crippen MR) is 71.5 cm³/mol. The van der Waals surface area contributed by atoms with Crippen molar-refractivity contribution in [3.8, 4) is 0 Å². The van der Waals surface area contributed by atoms with Crippen molar-refractivity contribution in [1.82, 2.24) is 15.1 Å². The lowest BCUT2D eigenvalue weighted by Crippen LogP contribution is -2.22. The van der Waals surface area contributed by atoms with Gasteiger partial charge in [0.1, 0.15) is 0 Å². The van der Waals surface area contributed by atoms with Gasteiger partial charge in [0, 0.05) is 6.54 Å². The quantitative estimate of drug-likeness (QED) is 0.853. The van der Waals surface area contributed by atoms with Gasteiger partial charge in [-0.05, 0) is 44.5 Å². The maximum atomic E-state index is 5.13. The molecule has 0 radical (unpaired) electrons. The summed E-state index contributed by atoms with van der Waals surface area (Å²) in [7, 11) is 1.99. The fraction of sp³-hybridized carbons (Fsp3) is 0.500. The Morgan fingerprint density at radius 1 is 1.44 bits per heavy atom. The van der Waals surface area contributed by atoms with Crippen molar-refractivity contribution >= 4 is 0 Å². The number of hydrogen-bond donors (Lipinski definition) is 1. The summed E-state index contributed by atoms with van der Waals surface area (Å²) in [4.78, 5) is 0. The molecule has 1 atom stereocenters. The molecule has 0 bridgehead atoms. The summed E-state index contributed by atoms with van der Waals surface area (Å²) in [5, 5.41) is 7.96. The molecule has 0 saturated heterocycles. The lowest BCUT2D eigenvalue weighted by Gasteiger charge is -2.16. The van der Waals surface area contributed by atoms with Gasteiger partial charge in [-0.3, -0.25) is 4.68 Å². The highest BCUT2D eigenvalue weighted by atomic mass is 16.3. The van der Waals surface area contributed by atoms with E-state index in [4.69, 9.17) is 4.42 Å². The molecule has 98 valence electrons. The highest BCUT2D eigenvalue weighted by Crippen LogP contribution is 2.20. The number of hydrogen-bond acceptors (Lipinski definition) is 3. The molecular weight excluding hydrogens is 226 g/mol. The van der Waals surface area contributed by atoms with Crippen LogP contribution in [0.3, 0.4) is 0 Å². The molecule has 0 amide bonds. The van der Waals surface area contributed by atoms with E-state index in [-0.39, 0.29) is 6.04 Å². The molecule has 0 fully saturated rings. The van der Waals surface area contributed by atoms with Crippen LogP contribution in [0.2, 0.25) is 0 Å². The first-order valence-corrected chi connectivity index (χ1v) is 6.53. The summed E-state index contributed by atoms with van der Waals surface area (Å²) in [6.07, 6.45) is 5.42. The van der Waals surface area contributed by atoms with E-state index in [0.29, 0.717) is 0 Å². The van der Waals surface area contributed by atoms with Crippen molar-refractivity contribution in [3.05, 3.63) is 41.6 Å². The number of aryl methyl sites for hydroxylation is 2. The van der Waals surface area contributed by atoms with Crippen LogP contribution >= 0.6 is 0 Å². The lowest BCUT2D eigenvalue weighted by molar-refractivity contribution is 0.507. The minimum absolute atomic E-state index is 0.273. The molecule has 0 aliphatic carbocycles. The van der Waals surface area contributed by atoms with Crippen LogP contribution in [-0.2, 0) is 19.4 Å². The molecule has 0 aliphatic rings. The Labute approximate surface area is 108 Å². The molecule has 0 saturated carbocycles. The first-order chi connectivity index (χ1) is 8.78. The Morgan fingerprint density at radius 3 is 2.83 bits per heavy atom.